The molecule has 0 atom stereocenters. The molecule has 1 N–H and O–H groups in total. The van der Waals surface area contributed by atoms with Gasteiger partial charge in [0.25, 0.3) is 0 Å². The van der Waals surface area contributed by atoms with Crippen LogP contribution in [0.1, 0.15) is 19.0 Å². The number of esters is 1. The van der Waals surface area contributed by atoms with Crippen LogP contribution in [0.4, 0.5) is 0 Å². The highest BCUT2D eigenvalue weighted by molar-refractivity contribution is 5.69. The van der Waals surface area contributed by atoms with Crippen LogP contribution in [0, 0.1) is 0 Å². The van der Waals surface area contributed by atoms with Gasteiger partial charge < -0.3 is 4.74 Å². The van der Waals surface area contributed by atoms with Gasteiger partial charge >= 0.3 is 5.97 Å². The molecule has 1 heterocycles. The van der Waals surface area contributed by atoms with Crippen LogP contribution in [-0.2, 0) is 16.0 Å². The molecule has 0 saturated carbocycles. The molecule has 0 aromatic carbocycles. The smallest absolute Gasteiger partial charge is 0.306 e. The van der Waals surface area contributed by atoms with Crippen LogP contribution < -0.4 is 4.73 Å². The lowest BCUT2D eigenvalue weighted by Gasteiger charge is -1.99. The topological polar surface area (TPSA) is 50.4 Å². The zero-order valence-electron chi connectivity index (χ0n) is 8.14. The standard InChI is InChI=1S/C10H14NO3/c1-2-14-10(12)7-6-9-5-3-4-8-11(9)13/h3-5,8,13H,2,6-7H2,1H3/q+1. The first-order valence-electron chi connectivity index (χ1n) is 4.58. The van der Waals surface area contributed by atoms with Crippen LogP contribution in [0.5, 0.6) is 0 Å². The summed E-state index contributed by atoms with van der Waals surface area (Å²) in [6.07, 6.45) is 2.30. The second-order valence-corrected chi connectivity index (χ2v) is 2.84. The first-order valence-corrected chi connectivity index (χ1v) is 4.58. The van der Waals surface area contributed by atoms with Crippen molar-refractivity contribution < 1.29 is 19.5 Å². The van der Waals surface area contributed by atoms with E-state index >= 15 is 0 Å². The molecule has 4 heteroatoms. The van der Waals surface area contributed by atoms with E-state index in [4.69, 9.17) is 4.74 Å². The molecule has 0 fully saturated rings. The Kier molecular flexibility index (Phi) is 3.91. The molecule has 4 nitrogen and oxygen atoms in total. The van der Waals surface area contributed by atoms with Crippen molar-refractivity contribution >= 4 is 5.97 Å². The number of rotatable bonds is 4. The second-order valence-electron chi connectivity index (χ2n) is 2.84. The maximum absolute atomic E-state index is 11.0. The van der Waals surface area contributed by atoms with E-state index in [0.717, 1.165) is 4.73 Å². The minimum Gasteiger partial charge on any atom is -0.466 e. The normalized spacial score (nSPS) is 9.79. The highest BCUT2D eigenvalue weighted by atomic mass is 16.5. The molecule has 76 valence electrons. The highest BCUT2D eigenvalue weighted by Gasteiger charge is 2.11. The Bertz CT molecular complexity index is 312. The summed E-state index contributed by atoms with van der Waals surface area (Å²) in [5, 5.41) is 9.32. The molecule has 0 amide bonds. The zero-order valence-corrected chi connectivity index (χ0v) is 8.14. The number of ether oxygens (including phenoxy) is 1. The molecule has 0 spiro atoms. The lowest BCUT2D eigenvalue weighted by molar-refractivity contribution is -0.909. The van der Waals surface area contributed by atoms with Gasteiger partial charge in [0, 0.05) is 23.3 Å². The number of aryl methyl sites for hydroxylation is 1. The van der Waals surface area contributed by atoms with Crippen LogP contribution in [-0.4, -0.2) is 17.8 Å². The molecular formula is C10H14NO3+. The monoisotopic (exact) mass is 196 g/mol. The fourth-order valence-electron chi connectivity index (χ4n) is 1.13. The van der Waals surface area contributed by atoms with Crippen LogP contribution in [0.15, 0.2) is 24.4 Å². The van der Waals surface area contributed by atoms with Crippen LogP contribution in [0.2, 0.25) is 0 Å². The van der Waals surface area contributed by atoms with E-state index in [1.165, 1.54) is 6.20 Å². The molecule has 1 aromatic heterocycles. The highest BCUT2D eigenvalue weighted by Crippen LogP contribution is 1.97. The van der Waals surface area contributed by atoms with Crippen molar-refractivity contribution in [3.05, 3.63) is 30.1 Å². The molecule has 1 rings (SSSR count). The van der Waals surface area contributed by atoms with E-state index in [0.29, 0.717) is 25.1 Å². The molecule has 0 aliphatic heterocycles. The quantitative estimate of drug-likeness (QED) is 0.438. The number of aromatic nitrogens is 1. The molecule has 0 bridgehead atoms. The second kappa shape index (κ2) is 5.21. The Morgan fingerprint density at radius 3 is 3.00 bits per heavy atom. The van der Waals surface area contributed by atoms with Crippen molar-refractivity contribution in [1.29, 1.82) is 0 Å². The fourth-order valence-corrected chi connectivity index (χ4v) is 1.13. The van der Waals surface area contributed by atoms with Gasteiger partial charge in [-0.15, -0.1) is 0 Å². The summed E-state index contributed by atoms with van der Waals surface area (Å²) in [5.41, 5.74) is 0.695. The number of carbonyl (C=O) groups excluding carboxylic acids is 1. The Morgan fingerprint density at radius 2 is 2.36 bits per heavy atom. The van der Waals surface area contributed by atoms with Crippen LogP contribution >= 0.6 is 0 Å². The number of pyridine rings is 1. The molecular weight excluding hydrogens is 182 g/mol. The van der Waals surface area contributed by atoms with Crippen LogP contribution in [0.25, 0.3) is 0 Å². The molecule has 0 unspecified atom stereocenters. The van der Waals surface area contributed by atoms with Gasteiger partial charge in [-0.25, -0.2) is 0 Å². The van der Waals surface area contributed by atoms with Crippen molar-refractivity contribution in [1.82, 2.24) is 0 Å². The lowest BCUT2D eigenvalue weighted by atomic mass is 10.2. The summed E-state index contributed by atoms with van der Waals surface area (Å²) in [5.74, 6) is -0.239. The zero-order chi connectivity index (χ0) is 10.4. The maximum Gasteiger partial charge on any atom is 0.306 e. The molecule has 1 aromatic rings. The van der Waals surface area contributed by atoms with Crippen molar-refractivity contribution in [3.8, 4) is 0 Å². The largest absolute Gasteiger partial charge is 0.466 e. The van der Waals surface area contributed by atoms with Gasteiger partial charge in [-0.3, -0.25) is 10.0 Å². The first kappa shape index (κ1) is 10.5. The van der Waals surface area contributed by atoms with Gasteiger partial charge in [0.15, 0.2) is 0 Å². The summed E-state index contributed by atoms with van der Waals surface area (Å²) < 4.78 is 5.79. The summed E-state index contributed by atoms with van der Waals surface area (Å²) in [7, 11) is 0. The summed E-state index contributed by atoms with van der Waals surface area (Å²) in [6, 6.07) is 5.29. The fraction of sp³-hybridized carbons (Fsp3) is 0.400. The molecule has 0 saturated heterocycles. The van der Waals surface area contributed by atoms with E-state index in [1.807, 2.05) is 6.07 Å². The molecule has 0 radical (unpaired) electrons. The minimum atomic E-state index is -0.239. The van der Waals surface area contributed by atoms with Crippen molar-refractivity contribution in [2.24, 2.45) is 0 Å². The third kappa shape index (κ3) is 3.05. The van der Waals surface area contributed by atoms with Gasteiger partial charge in [0.05, 0.1) is 13.0 Å². The van der Waals surface area contributed by atoms with E-state index in [2.05, 4.69) is 0 Å². The van der Waals surface area contributed by atoms with Gasteiger partial charge in [0.2, 0.25) is 11.9 Å². The Hall–Kier alpha value is -1.58. The predicted octanol–water partition coefficient (Wildman–Crippen LogP) is 0.707. The van der Waals surface area contributed by atoms with Gasteiger partial charge in [-0.05, 0) is 13.0 Å². The van der Waals surface area contributed by atoms with Crippen LogP contribution in [0.3, 0.4) is 0 Å². The van der Waals surface area contributed by atoms with E-state index in [9.17, 15) is 10.0 Å². The Labute approximate surface area is 82.7 Å². The van der Waals surface area contributed by atoms with Crippen molar-refractivity contribution in [2.45, 2.75) is 19.8 Å². The van der Waals surface area contributed by atoms with Gasteiger partial charge in [-0.1, -0.05) is 0 Å². The summed E-state index contributed by atoms with van der Waals surface area (Å²) >= 11 is 0. The van der Waals surface area contributed by atoms with Crippen molar-refractivity contribution in [3.63, 3.8) is 0 Å². The maximum atomic E-state index is 11.0. The molecule has 0 aliphatic rings. The van der Waals surface area contributed by atoms with E-state index < -0.39 is 0 Å². The summed E-state index contributed by atoms with van der Waals surface area (Å²) in [6.45, 7) is 2.17. The number of carbonyl (C=O) groups is 1. The van der Waals surface area contributed by atoms with Crippen molar-refractivity contribution in [2.75, 3.05) is 6.61 Å². The average Bonchev–Trinajstić information content (AvgIpc) is 2.17. The first-order chi connectivity index (χ1) is 6.74. The number of hydrogen-bond acceptors (Lipinski definition) is 3. The van der Waals surface area contributed by atoms with Gasteiger partial charge in [-0.2, -0.15) is 0 Å². The number of nitrogens with zero attached hydrogens (tertiary/aromatic N) is 1. The van der Waals surface area contributed by atoms with Gasteiger partial charge in [0.1, 0.15) is 0 Å². The SMILES string of the molecule is CCOC(=O)CCc1cccc[n+]1O. The summed E-state index contributed by atoms with van der Waals surface area (Å²) in [4.78, 5) is 11.0. The lowest BCUT2D eigenvalue weighted by Crippen LogP contribution is -2.34. The van der Waals surface area contributed by atoms with E-state index in [-0.39, 0.29) is 5.97 Å². The predicted molar refractivity (Wildman–Crippen MR) is 48.8 cm³/mol. The Morgan fingerprint density at radius 1 is 1.57 bits per heavy atom. The number of hydrogen-bond donors (Lipinski definition) is 1. The molecule has 0 aliphatic carbocycles. The van der Waals surface area contributed by atoms with E-state index in [1.54, 1.807) is 19.1 Å². The Balaban J connectivity index is 2.46. The third-order valence-corrected chi connectivity index (χ3v) is 1.81. The minimum absolute atomic E-state index is 0.239. The third-order valence-electron chi connectivity index (χ3n) is 1.81. The molecule has 14 heavy (non-hydrogen) atoms. The average molecular weight is 196 g/mol.